The van der Waals surface area contributed by atoms with E-state index in [9.17, 15) is 4.79 Å². The Morgan fingerprint density at radius 3 is 2.72 bits per heavy atom. The van der Waals surface area contributed by atoms with Crippen LogP contribution in [0.15, 0.2) is 36.4 Å². The highest BCUT2D eigenvalue weighted by molar-refractivity contribution is 6.30. The van der Waals surface area contributed by atoms with Crippen molar-refractivity contribution in [2.75, 3.05) is 46.9 Å². The van der Waals surface area contributed by atoms with Crippen molar-refractivity contribution in [2.24, 2.45) is 0 Å². The molecule has 0 saturated heterocycles. The molecule has 3 N–H and O–H groups in total. The van der Waals surface area contributed by atoms with E-state index in [0.717, 1.165) is 35.4 Å². The Labute approximate surface area is 176 Å². The lowest BCUT2D eigenvalue weighted by atomic mass is 9.95. The van der Waals surface area contributed by atoms with E-state index in [1.807, 2.05) is 50.5 Å². The van der Waals surface area contributed by atoms with Crippen molar-refractivity contribution in [3.05, 3.63) is 63.7 Å². The Bertz CT molecular complexity index is 844. The smallest absolute Gasteiger partial charge is 0.251 e. The normalized spacial score (nSPS) is 13.6. The molecule has 1 heterocycles. The van der Waals surface area contributed by atoms with Crippen molar-refractivity contribution < 1.29 is 14.3 Å². The summed E-state index contributed by atoms with van der Waals surface area (Å²) in [5, 5.41) is 9.74. The molecule has 1 unspecified atom stereocenters. The molecule has 0 spiro atoms. The van der Waals surface area contributed by atoms with E-state index in [-0.39, 0.29) is 12.0 Å². The van der Waals surface area contributed by atoms with Gasteiger partial charge in [0.1, 0.15) is 11.9 Å². The lowest BCUT2D eigenvalue weighted by Gasteiger charge is -2.21. The quantitative estimate of drug-likeness (QED) is 0.518. The summed E-state index contributed by atoms with van der Waals surface area (Å²) in [6, 6.07) is 11.5. The Kier molecular flexibility index (Phi) is 7.89. The molecular formula is C22H28ClN3O3. The van der Waals surface area contributed by atoms with Crippen molar-refractivity contribution in [2.45, 2.75) is 12.5 Å². The first-order valence-electron chi connectivity index (χ1n) is 9.88. The van der Waals surface area contributed by atoms with Crippen LogP contribution >= 0.6 is 11.6 Å². The highest BCUT2D eigenvalue weighted by Gasteiger charge is 2.25. The minimum atomic E-state index is -0.347. The lowest BCUT2D eigenvalue weighted by molar-refractivity contribution is 0.0827. The maximum absolute atomic E-state index is 12.8. The Morgan fingerprint density at radius 2 is 1.97 bits per heavy atom. The third kappa shape index (κ3) is 5.48. The topological polar surface area (TPSA) is 71.6 Å². The number of carbonyl (C=O) groups excluding carboxylic acids is 1. The second-order valence-electron chi connectivity index (χ2n) is 6.91. The van der Waals surface area contributed by atoms with Crippen molar-refractivity contribution in [3.8, 4) is 5.75 Å². The second kappa shape index (κ2) is 10.6. The maximum Gasteiger partial charge on any atom is 0.251 e. The summed E-state index contributed by atoms with van der Waals surface area (Å²) in [6.45, 7) is 3.09. The monoisotopic (exact) mass is 417 g/mol. The summed E-state index contributed by atoms with van der Waals surface area (Å²) in [6.07, 6.45) is 0.382. The Balaban J connectivity index is 1.96. The average Bonchev–Trinajstić information content (AvgIpc) is 3.19. The highest BCUT2D eigenvalue weighted by Crippen LogP contribution is 2.36. The molecule has 1 aliphatic rings. The number of hydrogen-bond acceptors (Lipinski definition) is 5. The standard InChI is InChI=1S/C22H28ClN3O3/c1-24-7-8-26-22(27)19-13-16(14-20-18(19)6-10-28-20)21(29-11-9-25-2)15-4-3-5-17(23)12-15/h3-5,12-14,21,24-25H,6-11H2,1-2H3,(H,26,27). The molecule has 0 bridgehead atoms. The van der Waals surface area contributed by atoms with Gasteiger partial charge in [-0.2, -0.15) is 0 Å². The predicted octanol–water partition coefficient (Wildman–Crippen LogP) is 2.55. The number of rotatable bonds is 10. The van der Waals surface area contributed by atoms with E-state index in [0.29, 0.717) is 36.9 Å². The fourth-order valence-corrected chi connectivity index (χ4v) is 3.60. The van der Waals surface area contributed by atoms with Crippen LogP contribution in [-0.4, -0.2) is 52.9 Å². The zero-order valence-corrected chi connectivity index (χ0v) is 17.6. The first-order chi connectivity index (χ1) is 14.1. The molecule has 2 aromatic rings. The van der Waals surface area contributed by atoms with Crippen LogP contribution in [0.2, 0.25) is 5.02 Å². The molecule has 29 heavy (non-hydrogen) atoms. The first-order valence-corrected chi connectivity index (χ1v) is 10.3. The molecule has 2 aromatic carbocycles. The van der Waals surface area contributed by atoms with Crippen molar-refractivity contribution >= 4 is 17.5 Å². The van der Waals surface area contributed by atoms with Crippen LogP contribution < -0.4 is 20.7 Å². The zero-order valence-electron chi connectivity index (χ0n) is 16.9. The van der Waals surface area contributed by atoms with Crippen LogP contribution in [0.25, 0.3) is 0 Å². The van der Waals surface area contributed by atoms with Gasteiger partial charge in [0, 0.05) is 42.2 Å². The molecule has 0 radical (unpaired) electrons. The lowest BCUT2D eigenvalue weighted by Crippen LogP contribution is -2.31. The molecular weight excluding hydrogens is 390 g/mol. The number of amides is 1. The Morgan fingerprint density at radius 1 is 1.14 bits per heavy atom. The Hall–Kier alpha value is -2.12. The molecule has 3 rings (SSSR count). The van der Waals surface area contributed by atoms with Gasteiger partial charge in [0.25, 0.3) is 5.91 Å². The fourth-order valence-electron chi connectivity index (χ4n) is 3.40. The molecule has 1 amide bonds. The van der Waals surface area contributed by atoms with E-state index in [4.69, 9.17) is 21.1 Å². The fraction of sp³-hybridized carbons (Fsp3) is 0.409. The molecule has 1 aliphatic heterocycles. The average molecular weight is 418 g/mol. The summed E-state index contributed by atoms with van der Waals surface area (Å²) >= 11 is 6.22. The van der Waals surface area contributed by atoms with Crippen LogP contribution in [0.1, 0.15) is 33.2 Å². The molecule has 0 aromatic heterocycles. The largest absolute Gasteiger partial charge is 0.493 e. The van der Waals surface area contributed by atoms with Gasteiger partial charge in [-0.3, -0.25) is 4.79 Å². The summed E-state index contributed by atoms with van der Waals surface area (Å²) < 4.78 is 12.0. The molecule has 0 aliphatic carbocycles. The highest BCUT2D eigenvalue weighted by atomic mass is 35.5. The van der Waals surface area contributed by atoms with E-state index < -0.39 is 0 Å². The second-order valence-corrected chi connectivity index (χ2v) is 7.35. The van der Waals surface area contributed by atoms with E-state index in [1.165, 1.54) is 0 Å². The van der Waals surface area contributed by atoms with Crippen molar-refractivity contribution in [1.29, 1.82) is 0 Å². The predicted molar refractivity (Wildman–Crippen MR) is 115 cm³/mol. The van der Waals surface area contributed by atoms with Gasteiger partial charge in [-0.15, -0.1) is 0 Å². The van der Waals surface area contributed by atoms with Gasteiger partial charge in [0.15, 0.2) is 0 Å². The summed E-state index contributed by atoms with van der Waals surface area (Å²) in [7, 11) is 3.74. The number of carbonyl (C=O) groups is 1. The van der Waals surface area contributed by atoms with Crippen LogP contribution in [0, 0.1) is 0 Å². The van der Waals surface area contributed by atoms with Crippen molar-refractivity contribution in [1.82, 2.24) is 16.0 Å². The summed E-state index contributed by atoms with van der Waals surface area (Å²) in [5.41, 5.74) is 3.42. The van der Waals surface area contributed by atoms with Gasteiger partial charge in [-0.05, 0) is 49.5 Å². The third-order valence-electron chi connectivity index (χ3n) is 4.84. The van der Waals surface area contributed by atoms with Gasteiger partial charge >= 0.3 is 0 Å². The zero-order chi connectivity index (χ0) is 20.6. The summed E-state index contributed by atoms with van der Waals surface area (Å²) in [5.74, 6) is 0.662. The molecule has 6 nitrogen and oxygen atoms in total. The van der Waals surface area contributed by atoms with Gasteiger partial charge in [0.2, 0.25) is 0 Å². The first kappa shape index (κ1) is 21.6. The van der Waals surface area contributed by atoms with Gasteiger partial charge < -0.3 is 25.4 Å². The number of ether oxygens (including phenoxy) is 2. The number of likely N-dealkylation sites (N-methyl/N-ethyl adjacent to an activating group) is 2. The molecule has 1 atom stereocenters. The van der Waals surface area contributed by atoms with Crippen LogP contribution in [-0.2, 0) is 11.2 Å². The minimum absolute atomic E-state index is 0.0936. The van der Waals surface area contributed by atoms with Gasteiger partial charge in [0.05, 0.1) is 13.2 Å². The van der Waals surface area contributed by atoms with Crippen molar-refractivity contribution in [3.63, 3.8) is 0 Å². The third-order valence-corrected chi connectivity index (χ3v) is 5.07. The number of nitrogens with one attached hydrogen (secondary N) is 3. The van der Waals surface area contributed by atoms with Crippen LogP contribution in [0.5, 0.6) is 5.75 Å². The number of halogens is 1. The van der Waals surface area contributed by atoms with Crippen LogP contribution in [0.4, 0.5) is 0 Å². The van der Waals surface area contributed by atoms with Gasteiger partial charge in [-0.25, -0.2) is 0 Å². The number of fused-ring (bicyclic) bond motifs is 1. The molecule has 156 valence electrons. The van der Waals surface area contributed by atoms with E-state index in [2.05, 4.69) is 16.0 Å². The van der Waals surface area contributed by atoms with Gasteiger partial charge in [-0.1, -0.05) is 23.7 Å². The SMILES string of the molecule is CNCCNC(=O)c1cc(C(OCCNC)c2cccc(Cl)c2)cc2c1CCO2. The molecule has 0 fully saturated rings. The minimum Gasteiger partial charge on any atom is -0.493 e. The summed E-state index contributed by atoms with van der Waals surface area (Å²) in [4.78, 5) is 12.8. The van der Waals surface area contributed by atoms with E-state index in [1.54, 1.807) is 0 Å². The van der Waals surface area contributed by atoms with E-state index >= 15 is 0 Å². The maximum atomic E-state index is 12.8. The molecule has 7 heteroatoms. The number of benzene rings is 2. The molecule has 0 saturated carbocycles. The van der Waals surface area contributed by atoms with Crippen LogP contribution in [0.3, 0.4) is 0 Å². The number of hydrogen-bond donors (Lipinski definition) is 3.